The van der Waals surface area contributed by atoms with Gasteiger partial charge in [0.2, 0.25) is 0 Å². The number of carbonyl (C=O) groups excluding carboxylic acids is 1. The van der Waals surface area contributed by atoms with E-state index >= 15 is 0 Å². The average molecular weight is 391 g/mol. The minimum atomic E-state index is -0.0524. The molecule has 1 amide bonds. The lowest BCUT2D eigenvalue weighted by Crippen LogP contribution is -2.21. The minimum absolute atomic E-state index is 0.0524. The molecule has 2 aromatic heterocycles. The summed E-state index contributed by atoms with van der Waals surface area (Å²) in [5, 5.41) is 8.20. The van der Waals surface area contributed by atoms with Crippen molar-refractivity contribution in [1.29, 1.82) is 0 Å². The Morgan fingerprint density at radius 2 is 1.86 bits per heavy atom. The summed E-state index contributed by atoms with van der Waals surface area (Å²) in [4.78, 5) is 22.7. The molecule has 148 valence electrons. The second kappa shape index (κ2) is 7.46. The van der Waals surface area contributed by atoms with E-state index in [-0.39, 0.29) is 11.8 Å². The summed E-state index contributed by atoms with van der Waals surface area (Å²) >= 11 is 0. The Morgan fingerprint density at radius 1 is 1.14 bits per heavy atom. The van der Waals surface area contributed by atoms with Gasteiger partial charge in [-0.2, -0.15) is 0 Å². The molecule has 1 atom stereocenters. The van der Waals surface area contributed by atoms with Gasteiger partial charge in [-0.05, 0) is 25.1 Å². The third-order valence-corrected chi connectivity index (χ3v) is 4.57. The van der Waals surface area contributed by atoms with Gasteiger partial charge in [-0.3, -0.25) is 9.78 Å². The molecule has 1 aliphatic heterocycles. The van der Waals surface area contributed by atoms with Crippen molar-refractivity contribution < 1.29 is 13.9 Å². The quantitative estimate of drug-likeness (QED) is 0.674. The molecule has 1 aliphatic rings. The fourth-order valence-corrected chi connectivity index (χ4v) is 2.96. The zero-order valence-electron chi connectivity index (χ0n) is 16.7. The van der Waals surface area contributed by atoms with Crippen molar-refractivity contribution in [3.05, 3.63) is 53.7 Å². The number of aromatic nitrogens is 4. The number of amides is 1. The topological polar surface area (TPSA) is 94.2 Å². The molecule has 1 unspecified atom stereocenters. The van der Waals surface area contributed by atoms with E-state index in [0.717, 1.165) is 5.56 Å². The molecule has 8 nitrogen and oxygen atoms in total. The van der Waals surface area contributed by atoms with E-state index in [9.17, 15) is 4.79 Å². The van der Waals surface area contributed by atoms with Crippen LogP contribution in [0.4, 0.5) is 0 Å². The zero-order chi connectivity index (χ0) is 20.5. The first-order chi connectivity index (χ1) is 13.9. The largest absolute Gasteiger partial charge is 0.488 e. The van der Waals surface area contributed by atoms with Gasteiger partial charge < -0.3 is 14.1 Å². The number of nitrogens with zero attached hydrogens (tertiary/aromatic N) is 5. The van der Waals surface area contributed by atoms with Crippen LogP contribution in [0, 0.1) is 12.8 Å². The number of aryl methyl sites for hydroxylation is 1. The molecule has 0 bridgehead atoms. The molecule has 3 heterocycles. The van der Waals surface area contributed by atoms with Crippen molar-refractivity contribution in [2.24, 2.45) is 5.92 Å². The van der Waals surface area contributed by atoms with Crippen molar-refractivity contribution in [3.63, 3.8) is 0 Å². The van der Waals surface area contributed by atoms with Crippen molar-refractivity contribution >= 4 is 11.7 Å². The molecule has 8 heteroatoms. The fourth-order valence-electron chi connectivity index (χ4n) is 2.96. The lowest BCUT2D eigenvalue weighted by molar-refractivity contribution is 0.0827. The molecule has 3 aromatic rings. The molecule has 1 aromatic carbocycles. The third kappa shape index (κ3) is 3.73. The average Bonchev–Trinajstić information content (AvgIpc) is 3.37. The first-order valence-corrected chi connectivity index (χ1v) is 9.27. The van der Waals surface area contributed by atoms with Crippen LogP contribution in [0.2, 0.25) is 0 Å². The molecule has 0 saturated carbocycles. The molecular formula is C21H21N5O3. The standard InChI is InChI=1S/C21H21N5O3/c1-12-9-17(28-11-12)19-24-25-20(29-19)18-13(2)22-10-16(23-18)14-5-7-15(8-6-14)21(27)26(3)4/h5-10,12H,11H2,1-4H3. The van der Waals surface area contributed by atoms with Crippen LogP contribution in [0.25, 0.3) is 28.6 Å². The van der Waals surface area contributed by atoms with E-state index in [1.807, 2.05) is 25.1 Å². The van der Waals surface area contributed by atoms with Crippen LogP contribution in [-0.4, -0.2) is 51.7 Å². The van der Waals surface area contributed by atoms with Gasteiger partial charge >= 0.3 is 0 Å². The highest BCUT2D eigenvalue weighted by molar-refractivity contribution is 5.94. The number of ether oxygens (including phenoxy) is 1. The van der Waals surface area contributed by atoms with Crippen LogP contribution in [-0.2, 0) is 4.74 Å². The Morgan fingerprint density at radius 3 is 2.52 bits per heavy atom. The summed E-state index contributed by atoms with van der Waals surface area (Å²) in [5.41, 5.74) is 3.29. The van der Waals surface area contributed by atoms with E-state index < -0.39 is 0 Å². The van der Waals surface area contributed by atoms with Gasteiger partial charge in [0, 0.05) is 31.1 Å². The van der Waals surface area contributed by atoms with Gasteiger partial charge in [-0.15, -0.1) is 10.2 Å². The predicted octanol–water partition coefficient (Wildman–Crippen LogP) is 3.21. The summed E-state index contributed by atoms with van der Waals surface area (Å²) in [7, 11) is 3.44. The van der Waals surface area contributed by atoms with E-state index in [1.54, 1.807) is 32.4 Å². The number of carbonyl (C=O) groups is 1. The highest BCUT2D eigenvalue weighted by Crippen LogP contribution is 2.28. The number of rotatable bonds is 4. The second-order valence-corrected chi connectivity index (χ2v) is 7.20. The van der Waals surface area contributed by atoms with Crippen molar-refractivity contribution in [2.45, 2.75) is 13.8 Å². The molecular weight excluding hydrogens is 370 g/mol. The van der Waals surface area contributed by atoms with Crippen molar-refractivity contribution in [1.82, 2.24) is 25.1 Å². The van der Waals surface area contributed by atoms with Crippen LogP contribution in [0.5, 0.6) is 0 Å². The van der Waals surface area contributed by atoms with E-state index in [1.165, 1.54) is 4.90 Å². The van der Waals surface area contributed by atoms with Crippen LogP contribution in [0.1, 0.15) is 28.9 Å². The van der Waals surface area contributed by atoms with Crippen molar-refractivity contribution in [3.8, 4) is 22.8 Å². The highest BCUT2D eigenvalue weighted by atomic mass is 16.5. The SMILES string of the molecule is Cc1ncc(-c2ccc(C(=O)N(C)C)cc2)nc1-c1nnc(C2=CC(C)CO2)o1. The van der Waals surface area contributed by atoms with Crippen LogP contribution in [0.15, 0.2) is 41.0 Å². The molecule has 29 heavy (non-hydrogen) atoms. The molecule has 0 fully saturated rings. The Balaban J connectivity index is 1.64. The fraction of sp³-hybridized carbons (Fsp3) is 0.286. The summed E-state index contributed by atoms with van der Waals surface area (Å²) in [6, 6.07) is 7.23. The normalized spacial score (nSPS) is 15.7. The monoisotopic (exact) mass is 391 g/mol. The van der Waals surface area contributed by atoms with Gasteiger partial charge in [0.25, 0.3) is 17.7 Å². The maximum atomic E-state index is 12.1. The Labute approximate surface area is 168 Å². The number of benzene rings is 1. The van der Waals surface area contributed by atoms with Gasteiger partial charge in [0.15, 0.2) is 5.76 Å². The number of hydrogen-bond acceptors (Lipinski definition) is 7. The maximum Gasteiger partial charge on any atom is 0.282 e. The molecule has 0 spiro atoms. The smallest absolute Gasteiger partial charge is 0.282 e. The van der Waals surface area contributed by atoms with Crippen molar-refractivity contribution in [2.75, 3.05) is 20.7 Å². The Bertz CT molecular complexity index is 1090. The third-order valence-electron chi connectivity index (χ3n) is 4.57. The molecule has 4 rings (SSSR count). The minimum Gasteiger partial charge on any atom is -0.488 e. The summed E-state index contributed by atoms with van der Waals surface area (Å²) in [6.07, 6.45) is 3.64. The maximum absolute atomic E-state index is 12.1. The Kier molecular flexibility index (Phi) is 4.84. The zero-order valence-corrected chi connectivity index (χ0v) is 16.7. The number of hydrogen-bond donors (Lipinski definition) is 0. The molecule has 0 aliphatic carbocycles. The van der Waals surface area contributed by atoms with Crippen LogP contribution in [0.3, 0.4) is 0 Å². The van der Waals surface area contributed by atoms with Crippen LogP contribution < -0.4 is 0 Å². The second-order valence-electron chi connectivity index (χ2n) is 7.20. The van der Waals surface area contributed by atoms with E-state index in [2.05, 4.69) is 27.1 Å². The Hall–Kier alpha value is -3.55. The molecule has 0 radical (unpaired) electrons. The summed E-state index contributed by atoms with van der Waals surface area (Å²) in [6.45, 7) is 4.50. The summed E-state index contributed by atoms with van der Waals surface area (Å²) < 4.78 is 11.4. The summed E-state index contributed by atoms with van der Waals surface area (Å²) in [5.74, 6) is 1.48. The highest BCUT2D eigenvalue weighted by Gasteiger charge is 2.22. The first-order valence-electron chi connectivity index (χ1n) is 9.27. The lowest BCUT2D eigenvalue weighted by atomic mass is 10.1. The molecule has 0 N–H and O–H groups in total. The van der Waals surface area contributed by atoms with E-state index in [0.29, 0.717) is 46.8 Å². The van der Waals surface area contributed by atoms with Gasteiger partial charge in [-0.1, -0.05) is 19.1 Å². The van der Waals surface area contributed by atoms with E-state index in [4.69, 9.17) is 9.15 Å². The predicted molar refractivity (Wildman–Crippen MR) is 107 cm³/mol. The lowest BCUT2D eigenvalue weighted by Gasteiger charge is -2.10. The molecule has 0 saturated heterocycles. The van der Waals surface area contributed by atoms with Gasteiger partial charge in [0.1, 0.15) is 5.69 Å². The van der Waals surface area contributed by atoms with Gasteiger partial charge in [0.05, 0.1) is 24.2 Å². The van der Waals surface area contributed by atoms with Crippen LogP contribution >= 0.6 is 0 Å². The first kappa shape index (κ1) is 18.8. The van der Waals surface area contributed by atoms with Gasteiger partial charge in [-0.25, -0.2) is 4.98 Å².